The normalized spacial score (nSPS) is 10.8. The summed E-state index contributed by atoms with van der Waals surface area (Å²) in [5.74, 6) is -2.70. The first-order chi connectivity index (χ1) is 12.2. The molecule has 0 heterocycles. The Kier molecular flexibility index (Phi) is 5.90. The number of carbonyl (C=O) groups is 1. The number of carbonyl (C=O) groups excluding carboxylic acids is 1. The maximum Gasteiger partial charge on any atom is 0.232 e. The van der Waals surface area contributed by atoms with Crippen LogP contribution in [0.15, 0.2) is 42.5 Å². The van der Waals surface area contributed by atoms with E-state index < -0.39 is 39.8 Å². The van der Waals surface area contributed by atoms with Gasteiger partial charge in [0, 0.05) is 13.0 Å². The van der Waals surface area contributed by atoms with Crippen molar-refractivity contribution in [2.24, 2.45) is 0 Å². The fourth-order valence-electron chi connectivity index (χ4n) is 2.28. The van der Waals surface area contributed by atoms with Crippen LogP contribution < -0.4 is 9.62 Å². The topological polar surface area (TPSA) is 90.3 Å². The zero-order valence-corrected chi connectivity index (χ0v) is 14.6. The quantitative estimate of drug-likeness (QED) is 0.835. The van der Waals surface area contributed by atoms with E-state index in [2.05, 4.69) is 5.32 Å². The van der Waals surface area contributed by atoms with Gasteiger partial charge in [-0.15, -0.1) is 0 Å². The second-order valence-electron chi connectivity index (χ2n) is 5.36. The molecule has 2 rings (SSSR count). The van der Waals surface area contributed by atoms with Crippen molar-refractivity contribution in [3.05, 3.63) is 59.7 Å². The molecule has 0 fully saturated rings. The highest BCUT2D eigenvalue weighted by atomic mass is 32.2. The Labute approximate surface area is 149 Å². The Bertz CT molecular complexity index is 951. The summed E-state index contributed by atoms with van der Waals surface area (Å²) in [6.45, 7) is -0.461. The Balaban J connectivity index is 2.19. The van der Waals surface area contributed by atoms with Crippen LogP contribution in [-0.2, 0) is 14.8 Å². The molecule has 0 aromatic heterocycles. The maximum absolute atomic E-state index is 13.9. The number of anilines is 2. The lowest BCUT2D eigenvalue weighted by Gasteiger charge is -2.23. The van der Waals surface area contributed by atoms with E-state index in [9.17, 15) is 22.0 Å². The van der Waals surface area contributed by atoms with Gasteiger partial charge in [-0.3, -0.25) is 9.10 Å². The van der Waals surface area contributed by atoms with Gasteiger partial charge in [-0.25, -0.2) is 17.2 Å². The van der Waals surface area contributed by atoms with Gasteiger partial charge in [-0.05, 0) is 24.3 Å². The minimum Gasteiger partial charge on any atom is -0.325 e. The van der Waals surface area contributed by atoms with Crippen LogP contribution in [0.25, 0.3) is 0 Å². The van der Waals surface area contributed by atoms with Crippen LogP contribution in [0.4, 0.5) is 20.2 Å². The summed E-state index contributed by atoms with van der Waals surface area (Å²) < 4.78 is 52.2. The van der Waals surface area contributed by atoms with Gasteiger partial charge in [0.15, 0.2) is 11.6 Å². The molecule has 1 amide bonds. The van der Waals surface area contributed by atoms with Crippen LogP contribution in [0, 0.1) is 23.0 Å². The van der Waals surface area contributed by atoms with Crippen molar-refractivity contribution in [3.8, 4) is 6.07 Å². The van der Waals surface area contributed by atoms with Crippen molar-refractivity contribution in [2.45, 2.75) is 6.42 Å². The van der Waals surface area contributed by atoms with Gasteiger partial charge >= 0.3 is 0 Å². The molecule has 0 saturated heterocycles. The minimum absolute atomic E-state index is 0.237. The average molecular weight is 379 g/mol. The van der Waals surface area contributed by atoms with Crippen molar-refractivity contribution in [2.75, 3.05) is 22.4 Å². The molecule has 9 heteroatoms. The van der Waals surface area contributed by atoms with E-state index in [1.165, 1.54) is 12.1 Å². The predicted octanol–water partition coefficient (Wildman–Crippen LogP) is 2.63. The van der Waals surface area contributed by atoms with Crippen LogP contribution in [0.5, 0.6) is 0 Å². The second-order valence-corrected chi connectivity index (χ2v) is 7.27. The lowest BCUT2D eigenvalue weighted by atomic mass is 10.2. The summed E-state index contributed by atoms with van der Waals surface area (Å²) in [5.41, 5.74) is -0.232. The van der Waals surface area contributed by atoms with Crippen LogP contribution in [0.3, 0.4) is 0 Å². The number of para-hydroxylation sites is 2. The molecular weight excluding hydrogens is 364 g/mol. The predicted molar refractivity (Wildman–Crippen MR) is 93.0 cm³/mol. The summed E-state index contributed by atoms with van der Waals surface area (Å²) in [5, 5.41) is 11.5. The standard InChI is InChI=1S/C17H15F2N3O3S/c1-26(24,25)22(17-13(18)6-4-7-14(17)19)10-9-16(23)21-15-8-3-2-5-12(15)11-20/h2-8H,9-10H2,1H3,(H,21,23). The molecule has 0 bridgehead atoms. The fraction of sp³-hybridized carbons (Fsp3) is 0.176. The monoisotopic (exact) mass is 379 g/mol. The number of amides is 1. The molecule has 136 valence electrons. The number of sulfonamides is 1. The lowest BCUT2D eigenvalue weighted by molar-refractivity contribution is -0.116. The largest absolute Gasteiger partial charge is 0.325 e. The van der Waals surface area contributed by atoms with Gasteiger partial charge in [-0.2, -0.15) is 5.26 Å². The van der Waals surface area contributed by atoms with E-state index in [-0.39, 0.29) is 17.7 Å². The van der Waals surface area contributed by atoms with Crippen molar-refractivity contribution in [3.63, 3.8) is 0 Å². The summed E-state index contributed by atoms with van der Waals surface area (Å²) in [7, 11) is -4.02. The fourth-order valence-corrected chi connectivity index (χ4v) is 3.21. The molecule has 1 N–H and O–H groups in total. The number of nitrogens with one attached hydrogen (secondary N) is 1. The van der Waals surface area contributed by atoms with Gasteiger partial charge < -0.3 is 5.32 Å². The molecule has 0 spiro atoms. The van der Waals surface area contributed by atoms with Crippen molar-refractivity contribution >= 4 is 27.3 Å². The van der Waals surface area contributed by atoms with Gasteiger partial charge in [0.2, 0.25) is 15.9 Å². The highest BCUT2D eigenvalue weighted by molar-refractivity contribution is 7.92. The van der Waals surface area contributed by atoms with Crippen molar-refractivity contribution in [1.82, 2.24) is 0 Å². The maximum atomic E-state index is 13.9. The highest BCUT2D eigenvalue weighted by Crippen LogP contribution is 2.25. The number of rotatable bonds is 6. The number of benzene rings is 2. The summed E-state index contributed by atoms with van der Waals surface area (Å²) in [6, 6.07) is 11.1. The molecule has 0 aliphatic carbocycles. The lowest BCUT2D eigenvalue weighted by Crippen LogP contribution is -2.34. The number of hydrogen-bond donors (Lipinski definition) is 1. The van der Waals surface area contributed by atoms with Crippen molar-refractivity contribution in [1.29, 1.82) is 5.26 Å². The van der Waals surface area contributed by atoms with E-state index >= 15 is 0 Å². The summed E-state index contributed by atoms with van der Waals surface area (Å²) in [6.07, 6.45) is 0.433. The molecular formula is C17H15F2N3O3S. The van der Waals surface area contributed by atoms with E-state index in [4.69, 9.17) is 5.26 Å². The van der Waals surface area contributed by atoms with Gasteiger partial charge in [0.05, 0.1) is 17.5 Å². The Hall–Kier alpha value is -2.99. The Morgan fingerprint density at radius 3 is 2.35 bits per heavy atom. The molecule has 6 nitrogen and oxygen atoms in total. The zero-order valence-electron chi connectivity index (χ0n) is 13.7. The van der Waals surface area contributed by atoms with Crippen LogP contribution in [0.2, 0.25) is 0 Å². The minimum atomic E-state index is -4.02. The molecule has 0 aliphatic rings. The summed E-state index contributed by atoms with van der Waals surface area (Å²) >= 11 is 0. The molecule has 2 aromatic rings. The number of hydrogen-bond acceptors (Lipinski definition) is 4. The van der Waals surface area contributed by atoms with Crippen LogP contribution >= 0.6 is 0 Å². The first kappa shape index (κ1) is 19.3. The average Bonchev–Trinajstić information content (AvgIpc) is 2.56. The molecule has 0 unspecified atom stereocenters. The molecule has 0 aliphatic heterocycles. The third-order valence-electron chi connectivity index (χ3n) is 3.45. The second kappa shape index (κ2) is 7.93. The smallest absolute Gasteiger partial charge is 0.232 e. The molecule has 2 aromatic carbocycles. The van der Waals surface area contributed by atoms with Gasteiger partial charge in [0.25, 0.3) is 0 Å². The number of nitriles is 1. The molecule has 0 saturated carbocycles. The molecule has 26 heavy (non-hydrogen) atoms. The third-order valence-corrected chi connectivity index (χ3v) is 4.62. The van der Waals surface area contributed by atoms with Gasteiger partial charge in [0.1, 0.15) is 11.8 Å². The SMILES string of the molecule is CS(=O)(=O)N(CCC(=O)Nc1ccccc1C#N)c1c(F)cccc1F. The third kappa shape index (κ3) is 4.55. The van der Waals surface area contributed by atoms with E-state index in [1.807, 2.05) is 6.07 Å². The van der Waals surface area contributed by atoms with E-state index in [0.717, 1.165) is 24.5 Å². The first-order valence-corrected chi connectivity index (χ1v) is 9.29. The van der Waals surface area contributed by atoms with E-state index in [0.29, 0.717) is 4.31 Å². The number of nitrogens with zero attached hydrogens (tertiary/aromatic N) is 2. The Morgan fingerprint density at radius 2 is 1.77 bits per heavy atom. The van der Waals surface area contributed by atoms with Gasteiger partial charge in [-0.1, -0.05) is 18.2 Å². The zero-order chi connectivity index (χ0) is 19.3. The van der Waals surface area contributed by atoms with Crippen LogP contribution in [0.1, 0.15) is 12.0 Å². The van der Waals surface area contributed by atoms with Crippen LogP contribution in [-0.4, -0.2) is 27.1 Å². The summed E-state index contributed by atoms with van der Waals surface area (Å²) in [4.78, 5) is 12.1. The molecule has 0 radical (unpaired) electrons. The van der Waals surface area contributed by atoms with Crippen molar-refractivity contribution < 1.29 is 22.0 Å². The number of halogens is 2. The molecule has 0 atom stereocenters. The van der Waals surface area contributed by atoms with E-state index in [1.54, 1.807) is 12.1 Å². The first-order valence-electron chi connectivity index (χ1n) is 7.44. The Morgan fingerprint density at radius 1 is 1.15 bits per heavy atom. The highest BCUT2D eigenvalue weighted by Gasteiger charge is 2.25.